The van der Waals surface area contributed by atoms with Crippen LogP contribution in [0.4, 0.5) is 0 Å². The number of aromatic amines is 1. The van der Waals surface area contributed by atoms with Crippen LogP contribution >= 0.6 is 11.6 Å². The summed E-state index contributed by atoms with van der Waals surface area (Å²) in [6.45, 7) is 1.14. The third-order valence-corrected chi connectivity index (χ3v) is 3.23. The zero-order valence-electron chi connectivity index (χ0n) is 10.4. The van der Waals surface area contributed by atoms with Crippen molar-refractivity contribution in [1.29, 1.82) is 0 Å². The van der Waals surface area contributed by atoms with Crippen LogP contribution in [-0.4, -0.2) is 34.5 Å². The lowest BCUT2D eigenvalue weighted by molar-refractivity contribution is 0.0690. The van der Waals surface area contributed by atoms with Crippen molar-refractivity contribution < 1.29 is 19.4 Å². The Hall–Kier alpha value is -2.21. The van der Waals surface area contributed by atoms with Crippen molar-refractivity contribution in [1.82, 2.24) is 10.2 Å². The van der Waals surface area contributed by atoms with Gasteiger partial charge in [0.25, 0.3) is 0 Å². The first-order chi connectivity index (χ1) is 9.65. The van der Waals surface area contributed by atoms with E-state index in [4.69, 9.17) is 26.2 Å². The summed E-state index contributed by atoms with van der Waals surface area (Å²) in [7, 11) is 0. The van der Waals surface area contributed by atoms with Gasteiger partial charge in [-0.05, 0) is 12.1 Å². The number of rotatable bonds is 2. The number of aromatic nitrogens is 2. The van der Waals surface area contributed by atoms with Gasteiger partial charge in [-0.2, -0.15) is 5.10 Å². The Morgan fingerprint density at radius 2 is 1.95 bits per heavy atom. The SMILES string of the molecule is O=C(O)c1cc(-c2cc3c(cc2Cl)OCCCO3)n[nH]1. The zero-order valence-corrected chi connectivity index (χ0v) is 11.1. The van der Waals surface area contributed by atoms with Crippen molar-refractivity contribution in [2.24, 2.45) is 0 Å². The fourth-order valence-corrected chi connectivity index (χ4v) is 2.20. The normalized spacial score (nSPS) is 13.8. The maximum atomic E-state index is 10.9. The number of halogens is 1. The van der Waals surface area contributed by atoms with Crippen molar-refractivity contribution in [2.75, 3.05) is 13.2 Å². The highest BCUT2D eigenvalue weighted by Crippen LogP contribution is 2.39. The van der Waals surface area contributed by atoms with Crippen LogP contribution in [0, 0.1) is 0 Å². The molecule has 0 fully saturated rings. The second-order valence-electron chi connectivity index (χ2n) is 4.30. The molecule has 0 bridgehead atoms. The molecule has 3 rings (SSSR count). The molecule has 2 heterocycles. The second-order valence-corrected chi connectivity index (χ2v) is 4.71. The maximum absolute atomic E-state index is 10.9. The minimum absolute atomic E-state index is 0.00294. The largest absolute Gasteiger partial charge is 0.490 e. The van der Waals surface area contributed by atoms with Crippen molar-refractivity contribution in [3.05, 3.63) is 28.9 Å². The van der Waals surface area contributed by atoms with Crippen LogP contribution in [0.3, 0.4) is 0 Å². The summed E-state index contributed by atoms with van der Waals surface area (Å²) in [6.07, 6.45) is 0.799. The van der Waals surface area contributed by atoms with E-state index in [0.717, 1.165) is 6.42 Å². The monoisotopic (exact) mass is 294 g/mol. The van der Waals surface area contributed by atoms with E-state index in [1.165, 1.54) is 6.07 Å². The Balaban J connectivity index is 2.04. The van der Waals surface area contributed by atoms with Gasteiger partial charge in [0.1, 0.15) is 5.69 Å². The predicted octanol–water partition coefficient (Wildman–Crippen LogP) is 2.59. The molecule has 104 valence electrons. The summed E-state index contributed by atoms with van der Waals surface area (Å²) in [4.78, 5) is 10.9. The summed E-state index contributed by atoms with van der Waals surface area (Å²) < 4.78 is 11.1. The number of carbonyl (C=O) groups is 1. The lowest BCUT2D eigenvalue weighted by atomic mass is 10.1. The molecular weight excluding hydrogens is 284 g/mol. The molecule has 6 nitrogen and oxygen atoms in total. The van der Waals surface area contributed by atoms with Gasteiger partial charge in [-0.1, -0.05) is 11.6 Å². The van der Waals surface area contributed by atoms with E-state index in [2.05, 4.69) is 10.2 Å². The summed E-state index contributed by atoms with van der Waals surface area (Å²) in [6, 6.07) is 4.80. The lowest BCUT2D eigenvalue weighted by Gasteiger charge is -2.10. The molecule has 0 atom stereocenters. The summed E-state index contributed by atoms with van der Waals surface area (Å²) in [5.41, 5.74) is 1.05. The Morgan fingerprint density at radius 1 is 1.25 bits per heavy atom. The van der Waals surface area contributed by atoms with E-state index >= 15 is 0 Å². The van der Waals surface area contributed by atoms with Gasteiger partial charge in [0.2, 0.25) is 0 Å². The Kier molecular flexibility index (Phi) is 3.23. The van der Waals surface area contributed by atoms with Crippen molar-refractivity contribution in [3.63, 3.8) is 0 Å². The minimum atomic E-state index is -1.07. The highest BCUT2D eigenvalue weighted by Gasteiger charge is 2.17. The molecular formula is C13H11ClN2O4. The first-order valence-electron chi connectivity index (χ1n) is 6.03. The van der Waals surface area contributed by atoms with Crippen LogP contribution in [0.15, 0.2) is 18.2 Å². The quantitative estimate of drug-likeness (QED) is 0.889. The molecule has 0 unspecified atom stereocenters. The molecule has 1 aromatic heterocycles. The molecule has 0 amide bonds. The average molecular weight is 295 g/mol. The molecule has 0 saturated carbocycles. The molecule has 0 spiro atoms. The highest BCUT2D eigenvalue weighted by atomic mass is 35.5. The number of aromatic carboxylic acids is 1. The first-order valence-corrected chi connectivity index (χ1v) is 6.41. The number of H-pyrrole nitrogens is 1. The first kappa shape index (κ1) is 12.8. The number of hydrogen-bond donors (Lipinski definition) is 2. The van der Waals surface area contributed by atoms with Crippen molar-refractivity contribution >= 4 is 17.6 Å². The molecule has 1 aromatic carbocycles. The highest BCUT2D eigenvalue weighted by molar-refractivity contribution is 6.33. The maximum Gasteiger partial charge on any atom is 0.353 e. The van der Waals surface area contributed by atoms with E-state index in [9.17, 15) is 4.79 Å². The molecule has 0 radical (unpaired) electrons. The minimum Gasteiger partial charge on any atom is -0.490 e. The molecule has 20 heavy (non-hydrogen) atoms. The van der Waals surface area contributed by atoms with Gasteiger partial charge in [-0.25, -0.2) is 4.79 Å². The third-order valence-electron chi connectivity index (χ3n) is 2.92. The molecule has 7 heteroatoms. The topological polar surface area (TPSA) is 84.4 Å². The van der Waals surface area contributed by atoms with Crippen LogP contribution in [-0.2, 0) is 0 Å². The number of ether oxygens (including phenoxy) is 2. The van der Waals surface area contributed by atoms with Gasteiger partial charge in [0.15, 0.2) is 11.5 Å². The van der Waals surface area contributed by atoms with Gasteiger partial charge >= 0.3 is 5.97 Å². The lowest BCUT2D eigenvalue weighted by Crippen LogP contribution is -1.97. The van der Waals surface area contributed by atoms with E-state index in [1.807, 2.05) is 0 Å². The fourth-order valence-electron chi connectivity index (χ4n) is 1.95. The summed E-state index contributed by atoms with van der Waals surface area (Å²) in [5.74, 6) is 0.0984. The Labute approximate surface area is 119 Å². The van der Waals surface area contributed by atoms with Crippen LogP contribution in [0.2, 0.25) is 5.02 Å². The van der Waals surface area contributed by atoms with Gasteiger partial charge in [0, 0.05) is 18.1 Å². The summed E-state index contributed by atoms with van der Waals surface area (Å²) in [5, 5.41) is 15.7. The van der Waals surface area contributed by atoms with E-state index in [1.54, 1.807) is 12.1 Å². The van der Waals surface area contributed by atoms with Gasteiger partial charge in [0.05, 0.1) is 23.9 Å². The molecule has 1 aliphatic heterocycles. The van der Waals surface area contributed by atoms with Gasteiger partial charge in [-0.3, -0.25) is 5.10 Å². The molecule has 2 N–H and O–H groups in total. The van der Waals surface area contributed by atoms with Crippen LogP contribution in [0.5, 0.6) is 11.5 Å². The standard InChI is InChI=1S/C13H11ClN2O4/c14-8-5-12-11(19-2-1-3-20-12)4-7(8)9-6-10(13(17)18)16-15-9/h4-6H,1-3H2,(H,15,16)(H,17,18). The zero-order chi connectivity index (χ0) is 14.1. The predicted molar refractivity (Wildman–Crippen MR) is 71.6 cm³/mol. The van der Waals surface area contributed by atoms with E-state index < -0.39 is 5.97 Å². The van der Waals surface area contributed by atoms with Crippen LogP contribution in [0.25, 0.3) is 11.3 Å². The average Bonchev–Trinajstić information content (AvgIpc) is 2.79. The van der Waals surface area contributed by atoms with Gasteiger partial charge in [-0.15, -0.1) is 0 Å². The smallest absolute Gasteiger partial charge is 0.353 e. The van der Waals surface area contributed by atoms with Crippen LogP contribution in [0.1, 0.15) is 16.9 Å². The van der Waals surface area contributed by atoms with E-state index in [0.29, 0.717) is 41.0 Å². The molecule has 0 saturated heterocycles. The molecule has 0 aliphatic carbocycles. The number of benzene rings is 1. The van der Waals surface area contributed by atoms with E-state index in [-0.39, 0.29) is 5.69 Å². The molecule has 1 aliphatic rings. The van der Waals surface area contributed by atoms with Crippen molar-refractivity contribution in [2.45, 2.75) is 6.42 Å². The number of carboxylic acid groups (broad SMARTS) is 1. The fraction of sp³-hybridized carbons (Fsp3) is 0.231. The number of hydrogen-bond acceptors (Lipinski definition) is 4. The second kappa shape index (κ2) is 5.05. The third kappa shape index (κ3) is 2.30. The number of nitrogens with zero attached hydrogens (tertiary/aromatic N) is 1. The summed E-state index contributed by atoms with van der Waals surface area (Å²) >= 11 is 6.20. The van der Waals surface area contributed by atoms with Crippen LogP contribution < -0.4 is 9.47 Å². The van der Waals surface area contributed by atoms with Gasteiger partial charge < -0.3 is 14.6 Å². The molecule has 2 aromatic rings. The van der Waals surface area contributed by atoms with Crippen molar-refractivity contribution in [3.8, 4) is 22.8 Å². The Bertz CT molecular complexity index is 668. The number of fused-ring (bicyclic) bond motifs is 1. The number of carboxylic acids is 1. The number of nitrogens with one attached hydrogen (secondary N) is 1. The Morgan fingerprint density at radius 3 is 2.60 bits per heavy atom.